The lowest BCUT2D eigenvalue weighted by molar-refractivity contribution is -0.161. The van der Waals surface area contributed by atoms with Crippen molar-refractivity contribution in [1.82, 2.24) is 0 Å². The number of hydrogen-bond donors (Lipinski definition) is 3. The maximum absolute atomic E-state index is 13.1. The number of phosphoric acid groups is 2. The zero-order chi connectivity index (χ0) is 73.8. The molecule has 594 valence electrons. The van der Waals surface area contributed by atoms with Crippen molar-refractivity contribution in [2.45, 2.75) is 433 Å². The van der Waals surface area contributed by atoms with Crippen LogP contribution in [0.25, 0.3) is 0 Å². The number of carbonyl (C=O) groups is 4. The van der Waals surface area contributed by atoms with E-state index in [2.05, 4.69) is 55.4 Å². The summed E-state index contributed by atoms with van der Waals surface area (Å²) in [6.07, 6.45) is 56.9. The second kappa shape index (κ2) is 70.1. The average molecular weight is 1470 g/mol. The lowest BCUT2D eigenvalue weighted by Crippen LogP contribution is -2.30. The fourth-order valence-corrected chi connectivity index (χ4v) is 14.0. The van der Waals surface area contributed by atoms with Crippen molar-refractivity contribution in [3.63, 3.8) is 0 Å². The predicted molar refractivity (Wildman–Crippen MR) is 409 cm³/mol. The fourth-order valence-electron chi connectivity index (χ4n) is 12.4. The number of hydrogen-bond acceptors (Lipinski definition) is 15. The molecule has 100 heavy (non-hydrogen) atoms. The Morgan fingerprint density at radius 3 is 0.710 bits per heavy atom. The maximum atomic E-state index is 13.1. The summed E-state index contributed by atoms with van der Waals surface area (Å²) >= 11 is 0. The Kier molecular flexibility index (Phi) is 68.7. The van der Waals surface area contributed by atoms with E-state index in [4.69, 9.17) is 37.0 Å². The molecule has 17 nitrogen and oxygen atoms in total. The number of unbranched alkanes of at least 4 members (excludes halogenated alkanes) is 43. The molecule has 0 saturated heterocycles. The van der Waals surface area contributed by atoms with Gasteiger partial charge in [0.1, 0.15) is 19.3 Å². The molecule has 0 aliphatic heterocycles. The van der Waals surface area contributed by atoms with Crippen LogP contribution in [0.3, 0.4) is 0 Å². The SMILES string of the molecule is CCC(C)CCCCCCCCC(=O)OC[C@H](COP(=O)(O)OC[C@H](O)COP(=O)(O)OC[C@@H](COC(=O)CCCCCCCCCCCCCCCCC(C)C)OC(=O)CCCCCCCCCCCCCCCCC(C)C)OC(=O)CCCCCCCCCCCCCCCC(C)C. The molecule has 19 heteroatoms. The molecular formula is C81H158O17P2. The quantitative estimate of drug-likeness (QED) is 0.0222. The maximum Gasteiger partial charge on any atom is 0.472 e. The van der Waals surface area contributed by atoms with Gasteiger partial charge in [-0.3, -0.25) is 37.3 Å². The van der Waals surface area contributed by atoms with E-state index in [0.717, 1.165) is 120 Å². The van der Waals surface area contributed by atoms with Crippen LogP contribution in [0.1, 0.15) is 415 Å². The number of aliphatic hydroxyl groups excluding tert-OH is 1. The van der Waals surface area contributed by atoms with E-state index in [9.17, 15) is 43.2 Å². The van der Waals surface area contributed by atoms with Gasteiger partial charge in [-0.05, 0) is 49.4 Å². The van der Waals surface area contributed by atoms with Crippen molar-refractivity contribution < 1.29 is 80.2 Å². The molecule has 0 aromatic carbocycles. The number of phosphoric ester groups is 2. The monoisotopic (exact) mass is 1470 g/mol. The number of ether oxygens (including phenoxy) is 4. The zero-order valence-corrected chi connectivity index (χ0v) is 67.6. The van der Waals surface area contributed by atoms with Crippen LogP contribution in [0.15, 0.2) is 0 Å². The van der Waals surface area contributed by atoms with Gasteiger partial charge in [0.25, 0.3) is 0 Å². The van der Waals surface area contributed by atoms with Crippen LogP contribution >= 0.6 is 15.6 Å². The Hall–Kier alpha value is -1.94. The molecule has 0 fully saturated rings. The van der Waals surface area contributed by atoms with Crippen LogP contribution in [0, 0.1) is 23.7 Å². The number of carbonyl (C=O) groups excluding carboxylic acids is 4. The van der Waals surface area contributed by atoms with E-state index >= 15 is 0 Å². The van der Waals surface area contributed by atoms with Crippen LogP contribution in [0.2, 0.25) is 0 Å². The Labute approximate surface area is 613 Å². The summed E-state index contributed by atoms with van der Waals surface area (Å²) in [5, 5.41) is 10.6. The number of aliphatic hydroxyl groups is 1. The van der Waals surface area contributed by atoms with Crippen LogP contribution < -0.4 is 0 Å². The summed E-state index contributed by atoms with van der Waals surface area (Å²) in [4.78, 5) is 73.0. The smallest absolute Gasteiger partial charge is 0.462 e. The van der Waals surface area contributed by atoms with Crippen molar-refractivity contribution in [3.8, 4) is 0 Å². The predicted octanol–water partition coefficient (Wildman–Crippen LogP) is 24.0. The van der Waals surface area contributed by atoms with E-state index in [0.29, 0.717) is 25.7 Å². The molecule has 0 heterocycles. The van der Waals surface area contributed by atoms with E-state index in [1.807, 2.05) is 0 Å². The van der Waals surface area contributed by atoms with Crippen LogP contribution in [0.5, 0.6) is 0 Å². The second-order valence-corrected chi connectivity index (χ2v) is 33.7. The summed E-state index contributed by atoms with van der Waals surface area (Å²) in [6.45, 7) is 14.3. The van der Waals surface area contributed by atoms with E-state index in [1.165, 1.54) is 212 Å². The van der Waals surface area contributed by atoms with Crippen molar-refractivity contribution in [1.29, 1.82) is 0 Å². The highest BCUT2D eigenvalue weighted by atomic mass is 31.2. The van der Waals surface area contributed by atoms with Gasteiger partial charge in [-0.25, -0.2) is 9.13 Å². The molecule has 0 spiro atoms. The molecule has 6 atom stereocenters. The lowest BCUT2D eigenvalue weighted by atomic mass is 10.00. The third kappa shape index (κ3) is 73.0. The third-order valence-electron chi connectivity index (χ3n) is 19.2. The van der Waals surface area contributed by atoms with Gasteiger partial charge in [0, 0.05) is 25.7 Å². The van der Waals surface area contributed by atoms with Gasteiger partial charge < -0.3 is 33.8 Å². The first kappa shape index (κ1) is 98.1. The molecule has 0 bridgehead atoms. The van der Waals surface area contributed by atoms with E-state index in [-0.39, 0.29) is 25.7 Å². The van der Waals surface area contributed by atoms with E-state index in [1.54, 1.807) is 0 Å². The number of esters is 4. The fraction of sp³-hybridized carbons (Fsp3) is 0.951. The van der Waals surface area contributed by atoms with Gasteiger partial charge in [0.05, 0.1) is 26.4 Å². The highest BCUT2D eigenvalue weighted by Gasteiger charge is 2.30. The highest BCUT2D eigenvalue weighted by Crippen LogP contribution is 2.45. The Morgan fingerprint density at radius 1 is 0.280 bits per heavy atom. The molecule has 0 aliphatic rings. The molecule has 0 rings (SSSR count). The minimum Gasteiger partial charge on any atom is -0.462 e. The molecule has 0 amide bonds. The summed E-state index contributed by atoms with van der Waals surface area (Å²) in [5.74, 6) is 0.998. The molecule has 0 aliphatic carbocycles. The second-order valence-electron chi connectivity index (χ2n) is 30.8. The normalized spacial score (nSPS) is 14.3. The molecule has 3 N–H and O–H groups in total. The summed E-state index contributed by atoms with van der Waals surface area (Å²) in [7, 11) is -9.92. The first-order chi connectivity index (χ1) is 48.1. The van der Waals surface area contributed by atoms with Crippen LogP contribution in [0.4, 0.5) is 0 Å². The van der Waals surface area contributed by atoms with Gasteiger partial charge in [-0.15, -0.1) is 0 Å². The Bertz CT molecular complexity index is 1960. The molecule has 0 saturated carbocycles. The van der Waals surface area contributed by atoms with Gasteiger partial charge in [-0.1, -0.05) is 364 Å². The summed E-state index contributed by atoms with van der Waals surface area (Å²) in [6, 6.07) is 0. The molecule has 0 aromatic rings. The first-order valence-electron chi connectivity index (χ1n) is 41.7. The van der Waals surface area contributed by atoms with Gasteiger partial charge >= 0.3 is 39.5 Å². The third-order valence-corrected chi connectivity index (χ3v) is 21.1. The highest BCUT2D eigenvalue weighted by molar-refractivity contribution is 7.47. The minimum absolute atomic E-state index is 0.106. The van der Waals surface area contributed by atoms with E-state index < -0.39 is 97.5 Å². The van der Waals surface area contributed by atoms with Gasteiger partial charge in [-0.2, -0.15) is 0 Å². The van der Waals surface area contributed by atoms with Crippen molar-refractivity contribution in [2.75, 3.05) is 39.6 Å². The lowest BCUT2D eigenvalue weighted by Gasteiger charge is -2.21. The number of rotatable bonds is 78. The molecular weight excluding hydrogens is 1310 g/mol. The van der Waals surface area contributed by atoms with Crippen molar-refractivity contribution in [3.05, 3.63) is 0 Å². The zero-order valence-electron chi connectivity index (χ0n) is 65.8. The van der Waals surface area contributed by atoms with Gasteiger partial charge in [0.2, 0.25) is 0 Å². The van der Waals surface area contributed by atoms with Crippen LogP contribution in [-0.4, -0.2) is 96.7 Å². The molecule has 3 unspecified atom stereocenters. The Morgan fingerprint density at radius 2 is 0.480 bits per heavy atom. The largest absolute Gasteiger partial charge is 0.472 e. The minimum atomic E-state index is -4.96. The molecule has 0 radical (unpaired) electrons. The average Bonchev–Trinajstić information content (AvgIpc) is 0.924. The topological polar surface area (TPSA) is 237 Å². The first-order valence-corrected chi connectivity index (χ1v) is 44.7. The van der Waals surface area contributed by atoms with Crippen molar-refractivity contribution in [2.24, 2.45) is 23.7 Å². The standard InChI is InChI=1S/C81H158O17P2/c1-9-74(8)60-52-44-39-40-46-54-62-79(84)92-68-77(98-81(86)64-56-48-38-32-26-20-14-17-23-29-35-43-51-59-73(6)7)70-96-100(89,90)94-66-75(82)65-93-99(87,88)95-69-76(97-80(85)63-55-47-37-31-25-19-13-11-16-22-28-34-42-50-58-72(4)5)67-91-78(83)61-53-45-36-30-24-18-12-10-15-21-27-33-41-49-57-71(2)3/h71-77,82H,9-70H2,1-8H3,(H,87,88)(H,89,90)/t74?,75-,76-,77-/m1/s1. The van der Waals surface area contributed by atoms with Gasteiger partial charge in [0.15, 0.2) is 12.2 Å². The molecule has 0 aromatic heterocycles. The van der Waals surface area contributed by atoms with Crippen LogP contribution in [-0.2, 0) is 65.4 Å². The Balaban J connectivity index is 5.25. The van der Waals surface area contributed by atoms with Crippen molar-refractivity contribution >= 4 is 39.5 Å². The summed E-state index contributed by atoms with van der Waals surface area (Å²) < 4.78 is 68.7. The summed E-state index contributed by atoms with van der Waals surface area (Å²) in [5.41, 5.74) is 0.